The molecule has 274 valence electrons. The summed E-state index contributed by atoms with van der Waals surface area (Å²) in [5, 5.41) is 0. The summed E-state index contributed by atoms with van der Waals surface area (Å²) >= 11 is 0. The first-order valence-corrected chi connectivity index (χ1v) is 17.1. The van der Waals surface area contributed by atoms with E-state index in [4.69, 9.17) is 14.2 Å². The molecule has 1 fully saturated rings. The maximum atomic E-state index is 13.7. The third kappa shape index (κ3) is 11.7. The van der Waals surface area contributed by atoms with E-state index in [1.807, 2.05) is 75.4 Å². The first-order valence-electron chi connectivity index (χ1n) is 17.1. The molecule has 0 saturated carbocycles. The van der Waals surface area contributed by atoms with Gasteiger partial charge in [-0.2, -0.15) is 0 Å². The topological polar surface area (TPSA) is 122 Å². The van der Waals surface area contributed by atoms with Crippen LogP contribution < -0.4 is 9.80 Å². The van der Waals surface area contributed by atoms with Crippen LogP contribution in [0.15, 0.2) is 73.1 Å². The Morgan fingerprint density at radius 1 is 0.647 bits per heavy atom. The van der Waals surface area contributed by atoms with Crippen LogP contribution in [0, 0.1) is 0 Å². The van der Waals surface area contributed by atoms with Crippen molar-refractivity contribution < 1.29 is 33.4 Å². The molecule has 0 unspecified atom stereocenters. The fourth-order valence-corrected chi connectivity index (χ4v) is 5.26. The Kier molecular flexibility index (Phi) is 12.0. The lowest BCUT2D eigenvalue weighted by molar-refractivity contribution is -0.000311. The number of pyridine rings is 1. The summed E-state index contributed by atoms with van der Waals surface area (Å²) in [5.41, 5.74) is 1.04. The van der Waals surface area contributed by atoms with E-state index in [0.29, 0.717) is 37.4 Å². The van der Waals surface area contributed by atoms with Crippen molar-refractivity contribution in [1.29, 1.82) is 0 Å². The molecule has 2 aromatic carbocycles. The quantitative estimate of drug-likeness (QED) is 0.229. The number of benzene rings is 2. The normalized spacial score (nSPS) is 13.7. The van der Waals surface area contributed by atoms with Gasteiger partial charge >= 0.3 is 18.3 Å². The summed E-state index contributed by atoms with van der Waals surface area (Å²) in [6, 6.07) is 18.8. The van der Waals surface area contributed by atoms with Crippen LogP contribution in [-0.2, 0) is 27.3 Å². The molecule has 1 aliphatic rings. The van der Waals surface area contributed by atoms with Crippen molar-refractivity contribution in [3.63, 3.8) is 0 Å². The molecular formula is C39H51N5O7. The van der Waals surface area contributed by atoms with Gasteiger partial charge in [-0.3, -0.25) is 14.7 Å². The highest BCUT2D eigenvalue weighted by Crippen LogP contribution is 2.25. The van der Waals surface area contributed by atoms with E-state index >= 15 is 0 Å². The summed E-state index contributed by atoms with van der Waals surface area (Å²) in [6.45, 7) is 18.1. The first kappa shape index (κ1) is 38.7. The largest absolute Gasteiger partial charge is 0.443 e. The van der Waals surface area contributed by atoms with Gasteiger partial charge in [-0.05, 0) is 91.6 Å². The van der Waals surface area contributed by atoms with Gasteiger partial charge < -0.3 is 24.0 Å². The fraction of sp³-hybridized carbons (Fsp3) is 0.462. The Hall–Kier alpha value is -5.13. The van der Waals surface area contributed by atoms with Crippen molar-refractivity contribution in [3.8, 4) is 0 Å². The van der Waals surface area contributed by atoms with Crippen LogP contribution in [0.5, 0.6) is 0 Å². The van der Waals surface area contributed by atoms with Crippen LogP contribution in [-0.4, -0.2) is 82.0 Å². The average Bonchev–Trinajstić information content (AvgIpc) is 3.04. The molecule has 12 nitrogen and oxygen atoms in total. The van der Waals surface area contributed by atoms with E-state index < -0.39 is 35.1 Å². The third-order valence-electron chi connectivity index (χ3n) is 7.49. The molecule has 2 heterocycles. The molecule has 0 radical (unpaired) electrons. The number of carbonyl (C=O) groups is 4. The number of amides is 4. The van der Waals surface area contributed by atoms with Gasteiger partial charge in [-0.15, -0.1) is 0 Å². The predicted molar refractivity (Wildman–Crippen MR) is 196 cm³/mol. The molecule has 4 rings (SSSR count). The summed E-state index contributed by atoms with van der Waals surface area (Å²) in [4.78, 5) is 63.8. The fourth-order valence-electron chi connectivity index (χ4n) is 5.26. The SMILES string of the molecule is CC(C)(C)OC(=O)N(Cc1cccc(N2CCN(C(=O)c3cncc(N(Cc4ccccc4)C(=O)OC(C)(C)C)c3)CC2)c1)C(=O)OC(C)(C)C. The lowest BCUT2D eigenvalue weighted by atomic mass is 10.1. The van der Waals surface area contributed by atoms with E-state index in [2.05, 4.69) is 9.88 Å². The standard InChI is InChI=1S/C39H51N5O7/c1-37(2,3)49-34(46)43(26-28-14-11-10-12-15-28)32-23-30(24-40-25-32)33(45)42-20-18-41(19-21-42)31-17-13-16-29(22-31)27-44(35(47)50-38(4,5)6)36(48)51-39(7,8)9/h10-17,22-25H,18-21,26-27H2,1-9H3. The summed E-state index contributed by atoms with van der Waals surface area (Å²) in [5.74, 6) is -0.188. The number of carbonyl (C=O) groups excluding carboxylic acids is 4. The highest BCUT2D eigenvalue weighted by molar-refractivity contribution is 5.96. The van der Waals surface area contributed by atoms with Crippen LogP contribution in [0.4, 0.5) is 25.8 Å². The molecule has 1 aromatic heterocycles. The van der Waals surface area contributed by atoms with Crippen molar-refractivity contribution in [2.24, 2.45) is 0 Å². The Morgan fingerprint density at radius 3 is 1.76 bits per heavy atom. The number of anilines is 2. The van der Waals surface area contributed by atoms with Crippen LogP contribution in [0.1, 0.15) is 83.8 Å². The Balaban J connectivity index is 1.46. The molecule has 0 spiro atoms. The van der Waals surface area contributed by atoms with Crippen molar-refractivity contribution in [1.82, 2.24) is 14.8 Å². The second kappa shape index (κ2) is 15.8. The smallest absolute Gasteiger partial charge is 0.420 e. The van der Waals surface area contributed by atoms with Crippen LogP contribution >= 0.6 is 0 Å². The zero-order valence-electron chi connectivity index (χ0n) is 31.3. The van der Waals surface area contributed by atoms with Gasteiger partial charge in [-0.25, -0.2) is 19.3 Å². The lowest BCUT2D eigenvalue weighted by Crippen LogP contribution is -2.49. The maximum absolute atomic E-state index is 13.7. The van der Waals surface area contributed by atoms with Gasteiger partial charge in [0.2, 0.25) is 0 Å². The van der Waals surface area contributed by atoms with Gasteiger partial charge in [0.05, 0.1) is 30.5 Å². The number of nitrogens with zero attached hydrogens (tertiary/aromatic N) is 5. The van der Waals surface area contributed by atoms with Gasteiger partial charge in [0.15, 0.2) is 0 Å². The second-order valence-electron chi connectivity index (χ2n) is 15.5. The predicted octanol–water partition coefficient (Wildman–Crippen LogP) is 7.66. The van der Waals surface area contributed by atoms with E-state index in [-0.39, 0.29) is 19.0 Å². The van der Waals surface area contributed by atoms with Crippen molar-refractivity contribution in [2.45, 2.75) is 92.2 Å². The average molecular weight is 702 g/mol. The van der Waals surface area contributed by atoms with Gasteiger partial charge in [0, 0.05) is 38.1 Å². The van der Waals surface area contributed by atoms with Crippen molar-refractivity contribution in [3.05, 3.63) is 89.7 Å². The van der Waals surface area contributed by atoms with Crippen LogP contribution in [0.25, 0.3) is 0 Å². The summed E-state index contributed by atoms with van der Waals surface area (Å²) in [6.07, 6.45) is 0.957. The van der Waals surface area contributed by atoms with Crippen LogP contribution in [0.3, 0.4) is 0 Å². The van der Waals surface area contributed by atoms with Gasteiger partial charge in [0.1, 0.15) is 16.8 Å². The molecule has 12 heteroatoms. The van der Waals surface area contributed by atoms with Crippen molar-refractivity contribution >= 4 is 35.6 Å². The Bertz CT molecular complexity index is 1660. The van der Waals surface area contributed by atoms with Crippen LogP contribution in [0.2, 0.25) is 0 Å². The number of hydrogen-bond acceptors (Lipinski definition) is 9. The minimum Gasteiger partial charge on any atom is -0.443 e. The molecule has 4 amide bonds. The second-order valence-corrected chi connectivity index (χ2v) is 15.5. The van der Waals surface area contributed by atoms with E-state index in [9.17, 15) is 19.2 Å². The zero-order chi connectivity index (χ0) is 37.6. The molecule has 0 atom stereocenters. The Labute approximate surface area is 301 Å². The molecule has 3 aromatic rings. The monoisotopic (exact) mass is 701 g/mol. The van der Waals surface area contributed by atoms with E-state index in [1.165, 1.54) is 11.1 Å². The lowest BCUT2D eigenvalue weighted by Gasteiger charge is -2.36. The molecule has 0 N–H and O–H groups in total. The third-order valence-corrected chi connectivity index (χ3v) is 7.49. The molecule has 0 bridgehead atoms. The van der Waals surface area contributed by atoms with E-state index in [0.717, 1.165) is 21.7 Å². The minimum absolute atomic E-state index is 0.0377. The molecule has 51 heavy (non-hydrogen) atoms. The van der Waals surface area contributed by atoms with Gasteiger partial charge in [0.25, 0.3) is 5.91 Å². The number of rotatable bonds is 7. The van der Waals surface area contributed by atoms with Gasteiger partial charge in [-0.1, -0.05) is 42.5 Å². The molecule has 0 aliphatic carbocycles. The molecule has 1 aliphatic heterocycles. The number of imide groups is 1. The molecule has 1 saturated heterocycles. The Morgan fingerprint density at radius 2 is 1.20 bits per heavy atom. The number of ether oxygens (including phenoxy) is 3. The number of aromatic nitrogens is 1. The highest BCUT2D eigenvalue weighted by atomic mass is 16.6. The highest BCUT2D eigenvalue weighted by Gasteiger charge is 2.32. The first-order chi connectivity index (χ1) is 23.8. The maximum Gasteiger partial charge on any atom is 0.420 e. The van der Waals surface area contributed by atoms with Crippen molar-refractivity contribution in [2.75, 3.05) is 36.0 Å². The number of hydrogen-bond donors (Lipinski definition) is 0. The summed E-state index contributed by atoms with van der Waals surface area (Å²) in [7, 11) is 0. The summed E-state index contributed by atoms with van der Waals surface area (Å²) < 4.78 is 16.7. The van der Waals surface area contributed by atoms with E-state index in [1.54, 1.807) is 58.7 Å². The zero-order valence-corrected chi connectivity index (χ0v) is 31.3. The molecular weight excluding hydrogens is 650 g/mol. The number of piperazine rings is 1. The minimum atomic E-state index is -0.798.